The largest absolute Gasteiger partial charge is 0.494 e. The van der Waals surface area contributed by atoms with Crippen molar-refractivity contribution in [2.24, 2.45) is 0 Å². The van der Waals surface area contributed by atoms with Gasteiger partial charge < -0.3 is 10.1 Å². The number of hydrogen-bond acceptors (Lipinski definition) is 7. The van der Waals surface area contributed by atoms with E-state index in [2.05, 4.69) is 64.6 Å². The van der Waals surface area contributed by atoms with Crippen LogP contribution in [0, 0.1) is 20.8 Å². The first-order valence-corrected chi connectivity index (χ1v) is 13.3. The molecule has 0 radical (unpaired) electrons. The van der Waals surface area contributed by atoms with Crippen molar-refractivity contribution in [2.45, 2.75) is 59.2 Å². The summed E-state index contributed by atoms with van der Waals surface area (Å²) in [6, 6.07) is 11.2. The van der Waals surface area contributed by atoms with Crippen molar-refractivity contribution in [3.63, 3.8) is 0 Å². The fourth-order valence-corrected chi connectivity index (χ4v) is 5.61. The monoisotopic (exact) mass is 490 g/mol. The molecule has 1 fully saturated rings. The molecule has 0 aliphatic carbocycles. The summed E-state index contributed by atoms with van der Waals surface area (Å²) in [4.78, 5) is 14.2. The predicted molar refractivity (Wildman–Crippen MR) is 142 cm³/mol. The molecule has 1 saturated heterocycles. The Balaban J connectivity index is 1.09. The molecule has 0 spiro atoms. The second-order valence-electron chi connectivity index (χ2n) is 9.52. The molecule has 1 aliphatic rings. The van der Waals surface area contributed by atoms with E-state index in [1.54, 1.807) is 11.3 Å². The molecule has 0 saturated carbocycles. The Labute approximate surface area is 211 Å². The van der Waals surface area contributed by atoms with E-state index in [4.69, 9.17) is 9.72 Å². The maximum atomic E-state index is 6.01. The molecule has 8 heteroatoms. The van der Waals surface area contributed by atoms with Crippen LogP contribution >= 0.6 is 11.3 Å². The summed E-state index contributed by atoms with van der Waals surface area (Å²) in [5.41, 5.74) is 2.50. The second kappa shape index (κ2) is 10.7. The first-order chi connectivity index (χ1) is 17.0. The number of ether oxygens (including phenoxy) is 1. The molecule has 0 atom stereocenters. The second-order valence-corrected chi connectivity index (χ2v) is 10.8. The number of aromatic nitrogens is 4. The Hall–Kier alpha value is -2.97. The lowest BCUT2D eigenvalue weighted by Crippen LogP contribution is -2.38. The molecule has 3 aromatic heterocycles. The minimum atomic E-state index is 0.442. The number of fused-ring (bicyclic) bond motifs is 1. The van der Waals surface area contributed by atoms with Crippen LogP contribution in [0.2, 0.25) is 0 Å². The molecule has 1 aromatic carbocycles. The van der Waals surface area contributed by atoms with E-state index in [1.807, 2.05) is 23.9 Å². The molecule has 7 nitrogen and oxygen atoms in total. The number of likely N-dealkylation sites (tertiary alicyclic amines) is 1. The number of thiophene rings is 1. The van der Waals surface area contributed by atoms with Crippen LogP contribution < -0.4 is 10.1 Å². The Morgan fingerprint density at radius 2 is 1.97 bits per heavy atom. The van der Waals surface area contributed by atoms with Gasteiger partial charge in [-0.3, -0.25) is 9.58 Å². The van der Waals surface area contributed by atoms with Crippen LogP contribution in [0.4, 0.5) is 5.82 Å². The number of hydrogen-bond donors (Lipinski definition) is 1. The van der Waals surface area contributed by atoms with Crippen molar-refractivity contribution < 1.29 is 4.74 Å². The van der Waals surface area contributed by atoms with Gasteiger partial charge in [-0.25, -0.2) is 9.97 Å². The highest BCUT2D eigenvalue weighted by Gasteiger charge is 2.21. The van der Waals surface area contributed by atoms with Gasteiger partial charge >= 0.3 is 0 Å². The van der Waals surface area contributed by atoms with Crippen LogP contribution in [0.25, 0.3) is 10.2 Å². The lowest BCUT2D eigenvalue weighted by atomic mass is 10.0. The Morgan fingerprint density at radius 3 is 2.77 bits per heavy atom. The van der Waals surface area contributed by atoms with Gasteiger partial charge in [0.05, 0.1) is 18.2 Å². The molecule has 0 amide bonds. The van der Waals surface area contributed by atoms with Gasteiger partial charge in [0, 0.05) is 49.7 Å². The first kappa shape index (κ1) is 23.8. The summed E-state index contributed by atoms with van der Waals surface area (Å²) in [7, 11) is 0. The van der Waals surface area contributed by atoms with Crippen molar-refractivity contribution >= 4 is 27.4 Å². The van der Waals surface area contributed by atoms with E-state index < -0.39 is 0 Å². The number of aryl methyl sites for hydroxylation is 4. The number of piperidine rings is 1. The normalized spacial score (nSPS) is 15.1. The van der Waals surface area contributed by atoms with Gasteiger partial charge in [0.15, 0.2) is 0 Å². The molecule has 184 valence electrons. The van der Waals surface area contributed by atoms with Crippen molar-refractivity contribution in [3.05, 3.63) is 64.6 Å². The molecule has 5 rings (SSSR count). The smallest absolute Gasteiger partial charge is 0.138 e. The average Bonchev–Trinajstić information content (AvgIpc) is 3.42. The SMILES string of the molecule is Cc1cnn(CCCOc2cccc(CN3CCC(Nc4nc(C)nc5sc(C)cc45)CC3)c2)c1. The summed E-state index contributed by atoms with van der Waals surface area (Å²) in [6.07, 6.45) is 7.11. The summed E-state index contributed by atoms with van der Waals surface area (Å²) in [5, 5.41) is 9.20. The Morgan fingerprint density at radius 1 is 1.11 bits per heavy atom. The molecular weight excluding hydrogens is 456 g/mol. The average molecular weight is 491 g/mol. The van der Waals surface area contributed by atoms with Gasteiger partial charge in [-0.05, 0) is 62.9 Å². The first-order valence-electron chi connectivity index (χ1n) is 12.5. The molecule has 0 bridgehead atoms. The third kappa shape index (κ3) is 6.18. The highest BCUT2D eigenvalue weighted by Crippen LogP contribution is 2.30. The standard InChI is InChI=1S/C27H34N6OS/c1-19-16-28-33(17-19)10-5-13-34-24-7-4-6-22(15-24)18-32-11-8-23(9-12-32)31-26-25-14-20(2)35-27(25)30-21(3)29-26/h4,6-7,14-17,23H,5,8-13,18H2,1-3H3,(H,29,30,31). The highest BCUT2D eigenvalue weighted by molar-refractivity contribution is 7.18. The van der Waals surface area contributed by atoms with Gasteiger partial charge in [0.1, 0.15) is 22.2 Å². The van der Waals surface area contributed by atoms with E-state index >= 15 is 0 Å². The number of anilines is 1. The van der Waals surface area contributed by atoms with Crippen molar-refractivity contribution in [1.29, 1.82) is 0 Å². The van der Waals surface area contributed by atoms with E-state index in [0.29, 0.717) is 12.6 Å². The molecular formula is C27H34N6OS. The summed E-state index contributed by atoms with van der Waals surface area (Å²) < 4.78 is 7.99. The Bertz CT molecular complexity index is 1270. The van der Waals surface area contributed by atoms with E-state index in [0.717, 1.165) is 73.0 Å². The third-order valence-electron chi connectivity index (χ3n) is 6.42. The quantitative estimate of drug-likeness (QED) is 0.319. The highest BCUT2D eigenvalue weighted by atomic mass is 32.1. The topological polar surface area (TPSA) is 68.1 Å². The fourth-order valence-electron chi connectivity index (χ4n) is 4.69. The summed E-state index contributed by atoms with van der Waals surface area (Å²) >= 11 is 1.74. The molecule has 1 N–H and O–H groups in total. The van der Waals surface area contributed by atoms with E-state index in [1.165, 1.54) is 16.0 Å². The Kier molecular flexibility index (Phi) is 7.29. The van der Waals surface area contributed by atoms with Gasteiger partial charge in [0.2, 0.25) is 0 Å². The van der Waals surface area contributed by atoms with Crippen molar-refractivity contribution in [2.75, 3.05) is 25.0 Å². The number of nitrogens with zero attached hydrogens (tertiary/aromatic N) is 5. The fraction of sp³-hybridized carbons (Fsp3) is 0.444. The van der Waals surface area contributed by atoms with Crippen molar-refractivity contribution in [3.8, 4) is 5.75 Å². The zero-order chi connectivity index (χ0) is 24.2. The minimum Gasteiger partial charge on any atom is -0.494 e. The van der Waals surface area contributed by atoms with E-state index in [-0.39, 0.29) is 0 Å². The molecule has 4 aromatic rings. The zero-order valence-electron chi connectivity index (χ0n) is 20.8. The van der Waals surface area contributed by atoms with Gasteiger partial charge in [-0.2, -0.15) is 5.10 Å². The maximum absolute atomic E-state index is 6.01. The number of nitrogens with one attached hydrogen (secondary N) is 1. The van der Waals surface area contributed by atoms with Crippen LogP contribution in [0.1, 0.15) is 41.1 Å². The van der Waals surface area contributed by atoms with E-state index in [9.17, 15) is 0 Å². The predicted octanol–water partition coefficient (Wildman–Crippen LogP) is 5.36. The number of benzene rings is 1. The van der Waals surface area contributed by atoms with Gasteiger partial charge in [-0.1, -0.05) is 12.1 Å². The van der Waals surface area contributed by atoms with Crippen LogP contribution in [0.15, 0.2) is 42.7 Å². The maximum Gasteiger partial charge on any atom is 0.138 e. The van der Waals surface area contributed by atoms with Crippen LogP contribution in [-0.2, 0) is 13.1 Å². The number of rotatable bonds is 9. The third-order valence-corrected chi connectivity index (χ3v) is 7.37. The summed E-state index contributed by atoms with van der Waals surface area (Å²) in [6.45, 7) is 10.8. The lowest BCUT2D eigenvalue weighted by molar-refractivity contribution is 0.211. The van der Waals surface area contributed by atoms with Crippen LogP contribution in [0.3, 0.4) is 0 Å². The van der Waals surface area contributed by atoms with Gasteiger partial charge in [-0.15, -0.1) is 11.3 Å². The molecule has 0 unspecified atom stereocenters. The zero-order valence-corrected chi connectivity index (χ0v) is 21.6. The molecule has 4 heterocycles. The minimum absolute atomic E-state index is 0.442. The van der Waals surface area contributed by atoms with Crippen LogP contribution in [-0.4, -0.2) is 50.4 Å². The van der Waals surface area contributed by atoms with Crippen molar-refractivity contribution in [1.82, 2.24) is 24.6 Å². The molecule has 1 aliphatic heterocycles. The van der Waals surface area contributed by atoms with Crippen LogP contribution in [0.5, 0.6) is 5.75 Å². The summed E-state index contributed by atoms with van der Waals surface area (Å²) in [5.74, 6) is 2.77. The molecule has 35 heavy (non-hydrogen) atoms. The van der Waals surface area contributed by atoms with Gasteiger partial charge in [0.25, 0.3) is 0 Å². The lowest BCUT2D eigenvalue weighted by Gasteiger charge is -2.32.